The zero-order valence-electron chi connectivity index (χ0n) is 34.8. The molecule has 18 atom stereocenters. The maximum absolute atomic E-state index is 14.3. The van der Waals surface area contributed by atoms with Crippen LogP contribution in [0.1, 0.15) is 108 Å². The van der Waals surface area contributed by atoms with E-state index in [1.807, 2.05) is 79.4 Å². The van der Waals surface area contributed by atoms with E-state index >= 15 is 0 Å². The van der Waals surface area contributed by atoms with Gasteiger partial charge in [0.2, 0.25) is 0 Å². The van der Waals surface area contributed by atoms with Crippen molar-refractivity contribution in [2.75, 3.05) is 34.8 Å². The van der Waals surface area contributed by atoms with Gasteiger partial charge in [0.25, 0.3) is 0 Å². The van der Waals surface area contributed by atoms with Crippen molar-refractivity contribution in [2.45, 2.75) is 185 Å². The van der Waals surface area contributed by atoms with Crippen molar-refractivity contribution in [1.29, 1.82) is 0 Å². The number of rotatable bonds is 7. The largest absolute Gasteiger partial charge is 0.459 e. The number of cyclic esters (lactones) is 1. The third-order valence-electron chi connectivity index (χ3n) is 13.5. The highest BCUT2D eigenvalue weighted by Crippen LogP contribution is 2.46. The Labute approximate surface area is 314 Å². The molecule has 0 bridgehead atoms. The molecule has 3 fully saturated rings. The number of aliphatic hydroxyl groups is 5. The molecule has 0 aliphatic carbocycles. The number of ether oxygens (including phenoxy) is 4. The number of carbonyl (C=O) groups excluding carboxylic acids is 1. The first-order chi connectivity index (χ1) is 23.9. The second-order valence-electron chi connectivity index (χ2n) is 18.1. The van der Waals surface area contributed by atoms with E-state index in [-0.39, 0.29) is 30.1 Å². The van der Waals surface area contributed by atoms with Crippen molar-refractivity contribution in [2.24, 2.45) is 29.6 Å². The van der Waals surface area contributed by atoms with Gasteiger partial charge in [0.15, 0.2) is 0 Å². The molecule has 3 rings (SSSR count). The molecule has 1 unspecified atom stereocenters. The highest BCUT2D eigenvalue weighted by molar-refractivity contribution is 5.72. The van der Waals surface area contributed by atoms with Crippen LogP contribution >= 0.6 is 0 Å². The zero-order valence-corrected chi connectivity index (χ0v) is 34.8. The number of esters is 1. The molecule has 0 aromatic carbocycles. The van der Waals surface area contributed by atoms with Crippen LogP contribution in [0.25, 0.3) is 0 Å². The molecular weight excluding hydrogens is 668 g/mol. The lowest BCUT2D eigenvalue weighted by molar-refractivity contribution is -0.220. The molecule has 0 aromatic rings. The summed E-state index contributed by atoms with van der Waals surface area (Å²) in [6.07, 6.45) is -2.80. The van der Waals surface area contributed by atoms with Crippen molar-refractivity contribution in [3.05, 3.63) is 0 Å². The van der Waals surface area contributed by atoms with Crippen LogP contribution in [-0.2, 0) is 23.7 Å². The minimum atomic E-state index is -1.73. The van der Waals surface area contributed by atoms with Gasteiger partial charge in [-0.15, -0.1) is 0 Å². The highest BCUT2D eigenvalue weighted by Gasteiger charge is 2.51. The first kappa shape index (κ1) is 45.5. The number of methoxy groups -OCH3 is 1. The SMILES string of the molecule is CC[C@H]1OC(=O)[C@H](C)[C@@H](C[C@H]2C[C@@](C)(OC)[C@@H](O)[C@H](C)O2)[C@H](C)[C@@H](C[C@@H]2O[C@H](C)C[C@H](N(C)C)[C@H]2O)C(C)(O)C[C@@H](C)CN(C)[C@H](C)[C@@H](O)[C@]1(C)O. The van der Waals surface area contributed by atoms with Crippen molar-refractivity contribution >= 4 is 5.97 Å². The van der Waals surface area contributed by atoms with E-state index in [0.717, 1.165) is 0 Å². The Balaban J connectivity index is 2.17. The Kier molecular flexibility index (Phi) is 15.6. The third-order valence-corrected chi connectivity index (χ3v) is 13.5. The Morgan fingerprint density at radius 1 is 0.942 bits per heavy atom. The Bertz CT molecular complexity index is 1140. The summed E-state index contributed by atoms with van der Waals surface area (Å²) in [6, 6.07) is -0.596. The second kappa shape index (κ2) is 17.9. The first-order valence-corrected chi connectivity index (χ1v) is 19.8. The van der Waals surface area contributed by atoms with E-state index in [0.29, 0.717) is 45.1 Å². The molecule has 3 heterocycles. The van der Waals surface area contributed by atoms with E-state index in [2.05, 4.69) is 13.8 Å². The minimum Gasteiger partial charge on any atom is -0.459 e. The predicted molar refractivity (Wildman–Crippen MR) is 201 cm³/mol. The molecule has 0 spiro atoms. The molecule has 0 aromatic heterocycles. The van der Waals surface area contributed by atoms with Gasteiger partial charge < -0.3 is 54.3 Å². The molecular formula is C40H76N2O10. The van der Waals surface area contributed by atoms with Crippen LogP contribution in [0.4, 0.5) is 0 Å². The summed E-state index contributed by atoms with van der Waals surface area (Å²) in [6.45, 7) is 19.3. The fourth-order valence-electron chi connectivity index (χ4n) is 10.0. The number of aliphatic hydroxyl groups excluding tert-OH is 3. The van der Waals surface area contributed by atoms with Gasteiger partial charge in [-0.2, -0.15) is 0 Å². The topological polar surface area (TPSA) is 162 Å². The summed E-state index contributed by atoms with van der Waals surface area (Å²) in [4.78, 5) is 18.3. The number of nitrogens with zero attached hydrogens (tertiary/aromatic N) is 2. The second-order valence-corrected chi connectivity index (χ2v) is 18.1. The lowest BCUT2D eigenvalue weighted by Crippen LogP contribution is -2.59. The first-order valence-electron chi connectivity index (χ1n) is 19.8. The standard InChI is InChI=1S/C40H76N2O10/c1-15-33-40(10,48)35(44)26(6)42(13)21-22(2)19-38(8,47)30(18-32-34(43)31(41(11)12)16-23(3)50-32)24(4)29(25(5)37(46)52-33)17-28-20-39(9,49-14)36(45)27(7)51-28/h22-36,43-45,47-48H,15-21H2,1-14H3/t22-,23-,24+,25-,26-,27+,28+,29+,30-,31+,32+,33-,34-,35-,36+,38?,39-,40-/m1/s1. The number of hydrogen-bond acceptors (Lipinski definition) is 12. The van der Waals surface area contributed by atoms with Gasteiger partial charge in [-0.05, 0) is 118 Å². The Hall–Kier alpha value is -0.930. The van der Waals surface area contributed by atoms with Crippen LogP contribution in [-0.4, -0.2) is 154 Å². The van der Waals surface area contributed by atoms with Crippen molar-refractivity contribution in [1.82, 2.24) is 9.80 Å². The predicted octanol–water partition coefficient (Wildman–Crippen LogP) is 3.23. The summed E-state index contributed by atoms with van der Waals surface area (Å²) >= 11 is 0. The number of likely N-dealkylation sites (N-methyl/N-ethyl adjacent to an activating group) is 2. The molecule has 3 aliphatic heterocycles. The summed E-state index contributed by atoms with van der Waals surface area (Å²) in [5.41, 5.74) is -3.85. The molecule has 52 heavy (non-hydrogen) atoms. The molecule has 0 saturated carbocycles. The Morgan fingerprint density at radius 2 is 1.56 bits per heavy atom. The van der Waals surface area contributed by atoms with Crippen LogP contribution in [0, 0.1) is 29.6 Å². The van der Waals surface area contributed by atoms with E-state index in [1.165, 1.54) is 6.92 Å². The fourth-order valence-corrected chi connectivity index (χ4v) is 10.0. The Morgan fingerprint density at radius 3 is 2.12 bits per heavy atom. The highest BCUT2D eigenvalue weighted by atomic mass is 16.6. The third kappa shape index (κ3) is 10.1. The van der Waals surface area contributed by atoms with Gasteiger partial charge >= 0.3 is 5.97 Å². The van der Waals surface area contributed by atoms with Crippen LogP contribution in [0.5, 0.6) is 0 Å². The van der Waals surface area contributed by atoms with Gasteiger partial charge in [-0.1, -0.05) is 27.7 Å². The maximum Gasteiger partial charge on any atom is 0.309 e. The van der Waals surface area contributed by atoms with E-state index < -0.39 is 83.2 Å². The average molecular weight is 745 g/mol. The normalized spacial score (nSPS) is 49.6. The average Bonchev–Trinajstić information content (AvgIpc) is 3.05. The quantitative estimate of drug-likeness (QED) is 0.243. The van der Waals surface area contributed by atoms with E-state index in [4.69, 9.17) is 18.9 Å². The van der Waals surface area contributed by atoms with Gasteiger partial charge in [-0.25, -0.2) is 0 Å². The lowest BCUT2D eigenvalue weighted by Gasteiger charge is -2.49. The summed E-state index contributed by atoms with van der Waals surface area (Å²) in [5.74, 6) is -2.35. The van der Waals surface area contributed by atoms with E-state index in [1.54, 1.807) is 7.11 Å². The monoisotopic (exact) mass is 745 g/mol. The molecule has 0 amide bonds. The van der Waals surface area contributed by atoms with Gasteiger partial charge in [0.05, 0.1) is 47.6 Å². The minimum absolute atomic E-state index is 0.0211. The maximum atomic E-state index is 14.3. The molecule has 0 radical (unpaired) electrons. The fraction of sp³-hybridized carbons (Fsp3) is 0.975. The number of carbonyl (C=O) groups is 1. The van der Waals surface area contributed by atoms with Crippen molar-refractivity contribution in [3.8, 4) is 0 Å². The number of hydrogen-bond donors (Lipinski definition) is 5. The van der Waals surface area contributed by atoms with Crippen molar-refractivity contribution in [3.63, 3.8) is 0 Å². The zero-order chi connectivity index (χ0) is 39.7. The molecule has 3 saturated heterocycles. The van der Waals surface area contributed by atoms with Gasteiger partial charge in [-0.3, -0.25) is 4.79 Å². The van der Waals surface area contributed by atoms with Gasteiger partial charge in [0, 0.05) is 32.2 Å². The molecule has 12 heteroatoms. The van der Waals surface area contributed by atoms with Crippen LogP contribution in [0.3, 0.4) is 0 Å². The molecule has 3 aliphatic rings. The van der Waals surface area contributed by atoms with Crippen molar-refractivity contribution < 1.29 is 49.3 Å². The molecule has 12 nitrogen and oxygen atoms in total. The van der Waals surface area contributed by atoms with Crippen LogP contribution < -0.4 is 0 Å². The lowest BCUT2D eigenvalue weighted by atomic mass is 9.64. The van der Waals surface area contributed by atoms with E-state index in [9.17, 15) is 30.3 Å². The van der Waals surface area contributed by atoms with Crippen LogP contribution in [0.15, 0.2) is 0 Å². The smallest absolute Gasteiger partial charge is 0.309 e. The molecule has 5 N–H and O–H groups in total. The summed E-state index contributed by atoms with van der Waals surface area (Å²) in [5, 5.41) is 58.6. The summed E-state index contributed by atoms with van der Waals surface area (Å²) < 4.78 is 24.8. The molecule has 306 valence electrons. The van der Waals surface area contributed by atoms with Crippen LogP contribution in [0.2, 0.25) is 0 Å². The van der Waals surface area contributed by atoms with Gasteiger partial charge in [0.1, 0.15) is 23.9 Å². The summed E-state index contributed by atoms with van der Waals surface area (Å²) in [7, 11) is 7.40.